The maximum Gasteiger partial charge on any atom is 0.275 e. The summed E-state index contributed by atoms with van der Waals surface area (Å²) in [6.45, 7) is 4.56. The van der Waals surface area contributed by atoms with Crippen LogP contribution >= 0.6 is 0 Å². The first-order valence-corrected chi connectivity index (χ1v) is 9.73. The number of benzene rings is 1. The van der Waals surface area contributed by atoms with Gasteiger partial charge in [0.05, 0.1) is 12.4 Å². The van der Waals surface area contributed by atoms with E-state index in [-0.39, 0.29) is 22.5 Å². The number of hydrogen-bond acceptors (Lipinski definition) is 7. The molecular formula is C20H21FN6O2. The van der Waals surface area contributed by atoms with E-state index in [0.29, 0.717) is 11.8 Å². The number of carbonyl (C=O) groups is 1. The topological polar surface area (TPSA) is 96.2 Å². The molecule has 2 N–H and O–H groups in total. The molecule has 1 aliphatic carbocycles. The largest absolute Gasteiger partial charge is 0.441 e. The molecule has 150 valence electrons. The molecule has 5 rings (SSSR count). The van der Waals surface area contributed by atoms with E-state index in [2.05, 4.69) is 30.5 Å². The molecule has 1 aromatic carbocycles. The van der Waals surface area contributed by atoms with E-state index in [0.717, 1.165) is 31.5 Å². The molecule has 0 bridgehead atoms. The highest BCUT2D eigenvalue weighted by molar-refractivity contribution is 6.03. The molecule has 0 atom stereocenters. The zero-order valence-corrected chi connectivity index (χ0v) is 16.0. The lowest BCUT2D eigenvalue weighted by atomic mass is 10.0. The number of fused-ring (bicyclic) bond motifs is 1. The van der Waals surface area contributed by atoms with Gasteiger partial charge < -0.3 is 20.0 Å². The van der Waals surface area contributed by atoms with Crippen molar-refractivity contribution in [2.45, 2.75) is 25.8 Å². The predicted molar refractivity (Wildman–Crippen MR) is 105 cm³/mol. The SMILES string of the molecule is Cc1nc2c(F)cc(NC(=O)c3cnc(N4CC(CNC5CC5)C4)cn3)cc2o1. The number of anilines is 2. The van der Waals surface area contributed by atoms with Gasteiger partial charge in [-0.3, -0.25) is 4.79 Å². The minimum absolute atomic E-state index is 0.143. The lowest BCUT2D eigenvalue weighted by Gasteiger charge is -2.40. The number of nitrogens with one attached hydrogen (secondary N) is 2. The van der Waals surface area contributed by atoms with Gasteiger partial charge in [0.2, 0.25) is 0 Å². The Morgan fingerprint density at radius 2 is 2.10 bits per heavy atom. The monoisotopic (exact) mass is 396 g/mol. The van der Waals surface area contributed by atoms with Gasteiger partial charge in [-0.15, -0.1) is 0 Å². The average molecular weight is 396 g/mol. The van der Waals surface area contributed by atoms with Crippen molar-refractivity contribution < 1.29 is 13.6 Å². The summed E-state index contributed by atoms with van der Waals surface area (Å²) < 4.78 is 19.5. The van der Waals surface area contributed by atoms with Crippen molar-refractivity contribution in [3.05, 3.63) is 41.9 Å². The van der Waals surface area contributed by atoms with Crippen LogP contribution in [0.2, 0.25) is 0 Å². The molecule has 1 saturated carbocycles. The zero-order chi connectivity index (χ0) is 20.0. The van der Waals surface area contributed by atoms with E-state index < -0.39 is 11.7 Å². The summed E-state index contributed by atoms with van der Waals surface area (Å²) in [5, 5.41) is 6.17. The predicted octanol–water partition coefficient (Wildman–Crippen LogP) is 2.51. The number of rotatable bonds is 6. The van der Waals surface area contributed by atoms with Gasteiger partial charge in [-0.05, 0) is 18.9 Å². The van der Waals surface area contributed by atoms with Crippen LogP contribution in [0.25, 0.3) is 11.1 Å². The molecule has 0 spiro atoms. The molecule has 2 aliphatic rings. The molecule has 0 unspecified atom stereocenters. The van der Waals surface area contributed by atoms with Crippen LogP contribution in [-0.2, 0) is 0 Å². The third-order valence-electron chi connectivity index (χ3n) is 5.24. The van der Waals surface area contributed by atoms with Crippen molar-refractivity contribution in [3.8, 4) is 0 Å². The number of halogens is 1. The molecule has 2 aromatic heterocycles. The van der Waals surface area contributed by atoms with Crippen molar-refractivity contribution in [2.75, 3.05) is 29.9 Å². The highest BCUT2D eigenvalue weighted by atomic mass is 19.1. The van der Waals surface area contributed by atoms with Gasteiger partial charge in [0.1, 0.15) is 17.0 Å². The fourth-order valence-electron chi connectivity index (χ4n) is 3.48. The molecule has 3 aromatic rings. The summed E-state index contributed by atoms with van der Waals surface area (Å²) in [4.78, 5) is 27.1. The molecule has 1 saturated heterocycles. The first kappa shape index (κ1) is 18.0. The standard InChI is InChI=1S/C20H21FN6O2/c1-11-25-19-15(21)4-14(5-17(19)29-11)26-20(28)16-7-24-18(8-23-16)27-9-12(10-27)6-22-13-2-3-13/h4-5,7-8,12-13,22H,2-3,6,9-10H2,1H3,(H,26,28). The number of carbonyl (C=O) groups excluding carboxylic acids is 1. The summed E-state index contributed by atoms with van der Waals surface area (Å²) in [6, 6.07) is 3.47. The fourth-order valence-corrected chi connectivity index (χ4v) is 3.48. The second-order valence-electron chi connectivity index (χ2n) is 7.71. The number of amides is 1. The summed E-state index contributed by atoms with van der Waals surface area (Å²) >= 11 is 0. The number of aromatic nitrogens is 3. The summed E-state index contributed by atoms with van der Waals surface area (Å²) in [5.41, 5.74) is 0.860. The third-order valence-corrected chi connectivity index (χ3v) is 5.24. The van der Waals surface area contributed by atoms with E-state index in [4.69, 9.17) is 4.42 Å². The molecule has 2 fully saturated rings. The van der Waals surface area contributed by atoms with Crippen LogP contribution in [0, 0.1) is 18.7 Å². The van der Waals surface area contributed by atoms with Gasteiger partial charge >= 0.3 is 0 Å². The van der Waals surface area contributed by atoms with Crippen LogP contribution in [0.1, 0.15) is 29.2 Å². The number of hydrogen-bond donors (Lipinski definition) is 2. The second-order valence-corrected chi connectivity index (χ2v) is 7.71. The van der Waals surface area contributed by atoms with Crippen LogP contribution in [0.3, 0.4) is 0 Å². The van der Waals surface area contributed by atoms with Crippen LogP contribution in [0.5, 0.6) is 0 Å². The lowest BCUT2D eigenvalue weighted by molar-refractivity contribution is 0.102. The Morgan fingerprint density at radius 1 is 1.28 bits per heavy atom. The zero-order valence-electron chi connectivity index (χ0n) is 16.0. The van der Waals surface area contributed by atoms with Crippen molar-refractivity contribution in [3.63, 3.8) is 0 Å². The third kappa shape index (κ3) is 3.77. The van der Waals surface area contributed by atoms with Crippen LogP contribution in [0.4, 0.5) is 15.9 Å². The first-order valence-electron chi connectivity index (χ1n) is 9.73. The number of oxazole rings is 1. The average Bonchev–Trinajstić information content (AvgIpc) is 3.41. The van der Waals surface area contributed by atoms with Gasteiger partial charge in [-0.2, -0.15) is 0 Å². The Labute approximate surface area is 166 Å². The molecule has 1 aliphatic heterocycles. The molecule has 1 amide bonds. The van der Waals surface area contributed by atoms with Crippen LogP contribution in [-0.4, -0.2) is 46.5 Å². The molecule has 29 heavy (non-hydrogen) atoms. The minimum atomic E-state index is -0.556. The van der Waals surface area contributed by atoms with Crippen molar-refractivity contribution in [1.82, 2.24) is 20.3 Å². The highest BCUT2D eigenvalue weighted by Crippen LogP contribution is 2.25. The molecule has 0 radical (unpaired) electrons. The Balaban J connectivity index is 1.20. The maximum atomic E-state index is 14.1. The van der Waals surface area contributed by atoms with Gasteiger partial charge in [-0.1, -0.05) is 0 Å². The number of nitrogens with zero attached hydrogens (tertiary/aromatic N) is 4. The quantitative estimate of drug-likeness (QED) is 0.661. The van der Waals surface area contributed by atoms with Gasteiger partial charge in [0.25, 0.3) is 5.91 Å². The Bertz CT molecular complexity index is 1060. The fraction of sp³-hybridized carbons (Fsp3) is 0.400. The first-order chi connectivity index (χ1) is 14.0. The van der Waals surface area contributed by atoms with Crippen LogP contribution in [0.15, 0.2) is 28.9 Å². The van der Waals surface area contributed by atoms with Gasteiger partial charge in [0, 0.05) is 50.3 Å². The normalized spacial score (nSPS) is 16.8. The van der Waals surface area contributed by atoms with E-state index in [1.165, 1.54) is 31.2 Å². The molecular weight excluding hydrogens is 375 g/mol. The smallest absolute Gasteiger partial charge is 0.275 e. The van der Waals surface area contributed by atoms with E-state index in [1.807, 2.05) is 0 Å². The molecule has 8 nitrogen and oxygen atoms in total. The summed E-state index contributed by atoms with van der Waals surface area (Å²) in [6.07, 6.45) is 5.63. The van der Waals surface area contributed by atoms with Crippen molar-refractivity contribution in [1.29, 1.82) is 0 Å². The van der Waals surface area contributed by atoms with E-state index >= 15 is 0 Å². The highest BCUT2D eigenvalue weighted by Gasteiger charge is 2.30. The lowest BCUT2D eigenvalue weighted by Crippen LogP contribution is -2.51. The Hall–Kier alpha value is -3.07. The van der Waals surface area contributed by atoms with Gasteiger partial charge in [-0.25, -0.2) is 19.3 Å². The molecule has 3 heterocycles. The summed E-state index contributed by atoms with van der Waals surface area (Å²) in [5.74, 6) is 0.730. The van der Waals surface area contributed by atoms with E-state index in [9.17, 15) is 9.18 Å². The van der Waals surface area contributed by atoms with Crippen LogP contribution < -0.4 is 15.5 Å². The minimum Gasteiger partial charge on any atom is -0.441 e. The number of aryl methyl sites for hydroxylation is 1. The molecule has 9 heteroatoms. The van der Waals surface area contributed by atoms with Crippen molar-refractivity contribution >= 4 is 28.5 Å². The second kappa shape index (κ2) is 7.07. The Kier molecular flexibility index (Phi) is 4.39. The summed E-state index contributed by atoms with van der Waals surface area (Å²) in [7, 11) is 0. The maximum absolute atomic E-state index is 14.1. The van der Waals surface area contributed by atoms with E-state index in [1.54, 1.807) is 13.1 Å². The Morgan fingerprint density at radius 3 is 2.83 bits per heavy atom. The van der Waals surface area contributed by atoms with Crippen molar-refractivity contribution in [2.24, 2.45) is 5.92 Å². The van der Waals surface area contributed by atoms with Gasteiger partial charge in [0.15, 0.2) is 17.3 Å².